The van der Waals surface area contributed by atoms with E-state index in [0.29, 0.717) is 31.5 Å². The third kappa shape index (κ3) is 3.11. The number of carbonyl (C=O) groups excluding carboxylic acids is 1. The average Bonchev–Trinajstić information content (AvgIpc) is 3.19. The van der Waals surface area contributed by atoms with Gasteiger partial charge < -0.3 is 14.2 Å². The maximum Gasteiger partial charge on any atom is 0.246 e. The van der Waals surface area contributed by atoms with Crippen LogP contribution in [0.15, 0.2) is 34.9 Å². The Labute approximate surface area is 122 Å². The number of hydrogen-bond donors (Lipinski definition) is 0. The fourth-order valence-corrected chi connectivity index (χ4v) is 2.35. The zero-order valence-corrected chi connectivity index (χ0v) is 11.9. The molecule has 1 aliphatic rings. The molecule has 1 aliphatic heterocycles. The van der Waals surface area contributed by atoms with Gasteiger partial charge in [0.25, 0.3) is 0 Å². The van der Waals surface area contributed by atoms with Crippen LogP contribution in [0.5, 0.6) is 0 Å². The largest absolute Gasteiger partial charge is 0.381 e. The quantitative estimate of drug-likeness (QED) is 0.856. The number of rotatable bonds is 4. The van der Waals surface area contributed by atoms with Crippen LogP contribution in [0.25, 0.3) is 11.4 Å². The number of amides is 1. The molecule has 1 amide bonds. The van der Waals surface area contributed by atoms with E-state index in [2.05, 4.69) is 10.1 Å². The normalized spacial score (nSPS) is 17.9. The lowest BCUT2D eigenvalue weighted by Gasteiger charge is -2.18. The standard InChI is InChI=1S/C15H17N3O3/c1-18(15(19)12-7-8-20-10-12)9-13-16-14(17-21-13)11-5-3-2-4-6-11/h2-6,12H,7-10H2,1H3/t12-/m1/s1. The van der Waals surface area contributed by atoms with Crippen LogP contribution in [0.4, 0.5) is 0 Å². The second-order valence-corrected chi connectivity index (χ2v) is 5.13. The predicted octanol–water partition coefficient (Wildman–Crippen LogP) is 1.73. The molecule has 110 valence electrons. The van der Waals surface area contributed by atoms with E-state index in [9.17, 15) is 4.79 Å². The number of benzene rings is 1. The summed E-state index contributed by atoms with van der Waals surface area (Å²) in [6, 6.07) is 9.60. The molecule has 6 heteroatoms. The highest BCUT2D eigenvalue weighted by atomic mass is 16.5. The predicted molar refractivity (Wildman–Crippen MR) is 75.1 cm³/mol. The van der Waals surface area contributed by atoms with Crippen LogP contribution in [0, 0.1) is 5.92 Å². The first kappa shape index (κ1) is 13.8. The molecule has 2 aromatic rings. The number of ether oxygens (including phenoxy) is 1. The molecule has 0 radical (unpaired) electrons. The number of carbonyl (C=O) groups is 1. The van der Waals surface area contributed by atoms with E-state index in [1.54, 1.807) is 11.9 Å². The first-order chi connectivity index (χ1) is 10.2. The fourth-order valence-electron chi connectivity index (χ4n) is 2.35. The summed E-state index contributed by atoms with van der Waals surface area (Å²) < 4.78 is 10.5. The Morgan fingerprint density at radius 2 is 2.19 bits per heavy atom. The summed E-state index contributed by atoms with van der Waals surface area (Å²) in [5, 5.41) is 3.95. The lowest BCUT2D eigenvalue weighted by Crippen LogP contribution is -2.32. The molecule has 3 rings (SSSR count). The van der Waals surface area contributed by atoms with Gasteiger partial charge in [-0.15, -0.1) is 0 Å². The van der Waals surface area contributed by atoms with Crippen LogP contribution < -0.4 is 0 Å². The van der Waals surface area contributed by atoms with Gasteiger partial charge in [0.2, 0.25) is 17.6 Å². The highest BCUT2D eigenvalue weighted by molar-refractivity contribution is 5.78. The van der Waals surface area contributed by atoms with Gasteiger partial charge in [0, 0.05) is 19.2 Å². The second-order valence-electron chi connectivity index (χ2n) is 5.13. The lowest BCUT2D eigenvalue weighted by molar-refractivity contribution is -0.135. The van der Waals surface area contributed by atoms with Gasteiger partial charge >= 0.3 is 0 Å². The Balaban J connectivity index is 1.65. The average molecular weight is 287 g/mol. The summed E-state index contributed by atoms with van der Waals surface area (Å²) in [6.45, 7) is 1.47. The molecule has 2 heterocycles. The first-order valence-electron chi connectivity index (χ1n) is 6.95. The minimum Gasteiger partial charge on any atom is -0.381 e. The van der Waals surface area contributed by atoms with Crippen LogP contribution in [0.2, 0.25) is 0 Å². The molecule has 0 bridgehead atoms. The number of hydrogen-bond acceptors (Lipinski definition) is 5. The van der Waals surface area contributed by atoms with E-state index < -0.39 is 0 Å². The van der Waals surface area contributed by atoms with E-state index in [4.69, 9.17) is 9.26 Å². The van der Waals surface area contributed by atoms with Crippen molar-refractivity contribution in [1.82, 2.24) is 15.0 Å². The molecular weight excluding hydrogens is 270 g/mol. The molecule has 1 atom stereocenters. The fraction of sp³-hybridized carbons (Fsp3) is 0.400. The van der Waals surface area contributed by atoms with Crippen LogP contribution in [-0.2, 0) is 16.1 Å². The molecule has 1 aromatic carbocycles. The first-order valence-corrected chi connectivity index (χ1v) is 6.95. The molecule has 21 heavy (non-hydrogen) atoms. The highest BCUT2D eigenvalue weighted by Gasteiger charge is 2.27. The van der Waals surface area contributed by atoms with Crippen molar-refractivity contribution >= 4 is 5.91 Å². The molecule has 0 spiro atoms. The van der Waals surface area contributed by atoms with E-state index in [-0.39, 0.29) is 11.8 Å². The van der Waals surface area contributed by atoms with Crippen molar-refractivity contribution in [3.05, 3.63) is 36.2 Å². The topological polar surface area (TPSA) is 68.5 Å². The molecule has 0 saturated carbocycles. The summed E-state index contributed by atoms with van der Waals surface area (Å²) in [5.41, 5.74) is 0.894. The molecular formula is C15H17N3O3. The molecule has 1 aromatic heterocycles. The van der Waals surface area contributed by atoms with Crippen molar-refractivity contribution < 1.29 is 14.1 Å². The van der Waals surface area contributed by atoms with Crippen molar-refractivity contribution in [2.24, 2.45) is 5.92 Å². The maximum absolute atomic E-state index is 12.2. The maximum atomic E-state index is 12.2. The SMILES string of the molecule is CN(Cc1nc(-c2ccccc2)no1)C(=O)[C@@H]1CCOC1. The summed E-state index contributed by atoms with van der Waals surface area (Å²) in [5.74, 6) is 0.984. The summed E-state index contributed by atoms with van der Waals surface area (Å²) >= 11 is 0. The zero-order valence-electron chi connectivity index (χ0n) is 11.9. The summed E-state index contributed by atoms with van der Waals surface area (Å²) in [7, 11) is 1.74. The van der Waals surface area contributed by atoms with Crippen LogP contribution >= 0.6 is 0 Å². The zero-order chi connectivity index (χ0) is 14.7. The van der Waals surface area contributed by atoms with Crippen LogP contribution in [-0.4, -0.2) is 41.2 Å². The Morgan fingerprint density at radius 1 is 1.38 bits per heavy atom. The van der Waals surface area contributed by atoms with Crippen LogP contribution in [0.1, 0.15) is 12.3 Å². The lowest BCUT2D eigenvalue weighted by atomic mass is 10.1. The molecule has 1 fully saturated rings. The van der Waals surface area contributed by atoms with Crippen molar-refractivity contribution in [3.63, 3.8) is 0 Å². The van der Waals surface area contributed by atoms with E-state index >= 15 is 0 Å². The monoisotopic (exact) mass is 287 g/mol. The van der Waals surface area contributed by atoms with Gasteiger partial charge in [0.15, 0.2) is 0 Å². The van der Waals surface area contributed by atoms with Crippen molar-refractivity contribution in [3.8, 4) is 11.4 Å². The van der Waals surface area contributed by atoms with Crippen LogP contribution in [0.3, 0.4) is 0 Å². The van der Waals surface area contributed by atoms with E-state index in [0.717, 1.165) is 12.0 Å². The van der Waals surface area contributed by atoms with Crippen molar-refractivity contribution in [2.75, 3.05) is 20.3 Å². The molecule has 1 saturated heterocycles. The Morgan fingerprint density at radius 3 is 2.90 bits per heavy atom. The summed E-state index contributed by atoms with van der Waals surface area (Å²) in [6.07, 6.45) is 0.780. The third-order valence-corrected chi connectivity index (χ3v) is 3.53. The molecule has 0 N–H and O–H groups in total. The minimum absolute atomic E-state index is 0.0495. The smallest absolute Gasteiger partial charge is 0.246 e. The van der Waals surface area contributed by atoms with Gasteiger partial charge in [-0.25, -0.2) is 0 Å². The van der Waals surface area contributed by atoms with Gasteiger partial charge in [-0.2, -0.15) is 4.98 Å². The van der Waals surface area contributed by atoms with Crippen molar-refractivity contribution in [1.29, 1.82) is 0 Å². The second kappa shape index (κ2) is 6.05. The van der Waals surface area contributed by atoms with E-state index in [1.165, 1.54) is 0 Å². The summed E-state index contributed by atoms with van der Waals surface area (Å²) in [4.78, 5) is 18.1. The third-order valence-electron chi connectivity index (χ3n) is 3.53. The van der Waals surface area contributed by atoms with Gasteiger partial charge in [-0.1, -0.05) is 35.5 Å². The minimum atomic E-state index is -0.0495. The van der Waals surface area contributed by atoms with Gasteiger partial charge in [-0.3, -0.25) is 4.79 Å². The molecule has 0 unspecified atom stereocenters. The van der Waals surface area contributed by atoms with Gasteiger partial charge in [0.1, 0.15) is 0 Å². The Kier molecular flexibility index (Phi) is 3.96. The number of aromatic nitrogens is 2. The number of nitrogens with zero attached hydrogens (tertiary/aromatic N) is 3. The molecule has 6 nitrogen and oxygen atoms in total. The molecule has 0 aliphatic carbocycles. The van der Waals surface area contributed by atoms with Gasteiger partial charge in [0.05, 0.1) is 19.1 Å². The highest BCUT2D eigenvalue weighted by Crippen LogP contribution is 2.18. The Bertz CT molecular complexity index is 606. The van der Waals surface area contributed by atoms with Gasteiger partial charge in [-0.05, 0) is 6.42 Å². The van der Waals surface area contributed by atoms with E-state index in [1.807, 2.05) is 30.3 Å². The van der Waals surface area contributed by atoms with Crippen molar-refractivity contribution in [2.45, 2.75) is 13.0 Å². The Hall–Kier alpha value is -2.21.